The molecule has 9 heteroatoms. The number of rotatable bonds is 5. The summed E-state index contributed by atoms with van der Waals surface area (Å²) < 4.78 is 11.2. The lowest BCUT2D eigenvalue weighted by Crippen LogP contribution is -2.54. The number of benzene rings is 2. The number of piperazine rings is 1. The smallest absolute Gasteiger partial charge is 0.255 e. The van der Waals surface area contributed by atoms with Crippen molar-refractivity contribution >= 4 is 34.9 Å². The van der Waals surface area contributed by atoms with Crippen LogP contribution in [0.25, 0.3) is 0 Å². The number of amides is 1. The number of hydrogen-bond donors (Lipinski definition) is 0. The van der Waals surface area contributed by atoms with Crippen molar-refractivity contribution in [3.63, 3.8) is 0 Å². The van der Waals surface area contributed by atoms with Crippen molar-refractivity contribution in [3.05, 3.63) is 70.5 Å². The van der Waals surface area contributed by atoms with E-state index in [0.717, 1.165) is 5.82 Å². The van der Waals surface area contributed by atoms with Crippen molar-refractivity contribution in [1.82, 2.24) is 14.9 Å². The lowest BCUT2D eigenvalue weighted by molar-refractivity contribution is 0.0674. The molecule has 0 spiro atoms. The topological polar surface area (TPSA) is 67.8 Å². The Labute approximate surface area is 196 Å². The number of hydrogen-bond acceptors (Lipinski definition) is 6. The van der Waals surface area contributed by atoms with Gasteiger partial charge in [-0.05, 0) is 37.3 Å². The first-order chi connectivity index (χ1) is 15.5. The normalized spacial score (nSPS) is 16.1. The van der Waals surface area contributed by atoms with Crippen LogP contribution in [0.1, 0.15) is 17.3 Å². The maximum absolute atomic E-state index is 13.0. The number of carbonyl (C=O) groups excluding carboxylic acids is 1. The summed E-state index contributed by atoms with van der Waals surface area (Å²) in [7, 11) is 1.59. The fraction of sp³-hybridized carbons (Fsp3) is 0.261. The van der Waals surface area contributed by atoms with Gasteiger partial charge in [0, 0.05) is 36.8 Å². The fourth-order valence-corrected chi connectivity index (χ4v) is 4.15. The lowest BCUT2D eigenvalue weighted by atomic mass is 10.1. The monoisotopic (exact) mass is 472 g/mol. The van der Waals surface area contributed by atoms with Gasteiger partial charge in [-0.3, -0.25) is 4.79 Å². The minimum atomic E-state index is -0.110. The second-order valence-corrected chi connectivity index (χ2v) is 8.23. The second-order valence-electron chi connectivity index (χ2n) is 7.39. The molecule has 0 radical (unpaired) electrons. The van der Waals surface area contributed by atoms with E-state index in [1.54, 1.807) is 31.4 Å². The third-order valence-corrected chi connectivity index (χ3v) is 5.83. The molecule has 166 valence electrons. The zero-order valence-corrected chi connectivity index (χ0v) is 19.2. The lowest BCUT2D eigenvalue weighted by Gasteiger charge is -2.40. The van der Waals surface area contributed by atoms with Crippen molar-refractivity contribution in [3.8, 4) is 17.4 Å². The Balaban J connectivity index is 1.46. The molecule has 1 aliphatic heterocycles. The average Bonchev–Trinajstić information content (AvgIpc) is 2.79. The number of para-hydroxylation sites is 2. The summed E-state index contributed by atoms with van der Waals surface area (Å²) in [4.78, 5) is 25.6. The molecule has 1 aliphatic rings. The van der Waals surface area contributed by atoms with Crippen LogP contribution in [0.3, 0.4) is 0 Å². The summed E-state index contributed by atoms with van der Waals surface area (Å²) in [5.41, 5.74) is 0.450. The molecule has 0 saturated carbocycles. The van der Waals surface area contributed by atoms with Crippen LogP contribution in [0, 0.1) is 0 Å². The van der Waals surface area contributed by atoms with Gasteiger partial charge in [0.15, 0.2) is 11.5 Å². The van der Waals surface area contributed by atoms with Crippen molar-refractivity contribution in [2.45, 2.75) is 13.0 Å². The van der Waals surface area contributed by atoms with Gasteiger partial charge in [0.05, 0.1) is 17.7 Å². The van der Waals surface area contributed by atoms with Crippen LogP contribution < -0.4 is 14.4 Å². The van der Waals surface area contributed by atoms with E-state index in [1.807, 2.05) is 36.1 Å². The van der Waals surface area contributed by atoms with E-state index in [2.05, 4.69) is 14.9 Å². The minimum Gasteiger partial charge on any atom is -0.493 e. The van der Waals surface area contributed by atoms with Crippen molar-refractivity contribution < 1.29 is 14.3 Å². The van der Waals surface area contributed by atoms with Crippen LogP contribution in [0.5, 0.6) is 17.4 Å². The number of aromatic nitrogens is 2. The van der Waals surface area contributed by atoms with E-state index >= 15 is 0 Å². The molecular formula is C23H22Cl2N4O3. The largest absolute Gasteiger partial charge is 0.493 e. The highest BCUT2D eigenvalue weighted by atomic mass is 35.5. The molecule has 1 atom stereocenters. The first-order valence-corrected chi connectivity index (χ1v) is 10.9. The first-order valence-electron chi connectivity index (χ1n) is 10.1. The summed E-state index contributed by atoms with van der Waals surface area (Å²) in [5.74, 6) is 2.23. The van der Waals surface area contributed by atoms with E-state index in [-0.39, 0.29) is 11.9 Å². The third-order valence-electron chi connectivity index (χ3n) is 5.29. The standard InChI is InChI=1S/C23H22Cl2N4O3/c1-15-13-28(9-10-29(15)23(30)17-8-7-16(24)11-18(17)25)21-12-22(27-14-26-21)32-20-6-4-3-5-19(20)31-2/h3-8,11-12,14-15H,9-10,13H2,1-2H3/t15-/m0/s1. The number of halogens is 2. The molecule has 0 N–H and O–H groups in total. The highest BCUT2D eigenvalue weighted by Gasteiger charge is 2.30. The highest BCUT2D eigenvalue weighted by molar-refractivity contribution is 6.36. The van der Waals surface area contributed by atoms with Crippen molar-refractivity contribution in [2.75, 3.05) is 31.6 Å². The molecule has 1 saturated heterocycles. The molecule has 1 fully saturated rings. The number of ether oxygens (including phenoxy) is 2. The maximum atomic E-state index is 13.0. The van der Waals surface area contributed by atoms with Gasteiger partial charge in [-0.2, -0.15) is 0 Å². The predicted octanol–water partition coefficient (Wildman–Crippen LogP) is 4.94. The van der Waals surface area contributed by atoms with Gasteiger partial charge in [0.1, 0.15) is 12.1 Å². The Morgan fingerprint density at radius 1 is 1.06 bits per heavy atom. The predicted molar refractivity (Wildman–Crippen MR) is 124 cm³/mol. The summed E-state index contributed by atoms with van der Waals surface area (Å²) in [6, 6.07) is 14.0. The van der Waals surface area contributed by atoms with Crippen molar-refractivity contribution in [1.29, 1.82) is 0 Å². The second kappa shape index (κ2) is 9.63. The van der Waals surface area contributed by atoms with Gasteiger partial charge in [-0.15, -0.1) is 0 Å². The Bertz CT molecular complexity index is 1130. The van der Waals surface area contributed by atoms with Gasteiger partial charge in [-0.1, -0.05) is 35.3 Å². The van der Waals surface area contributed by atoms with Crippen LogP contribution in [-0.4, -0.2) is 53.6 Å². The van der Waals surface area contributed by atoms with Crippen molar-refractivity contribution in [2.24, 2.45) is 0 Å². The summed E-state index contributed by atoms with van der Waals surface area (Å²) in [6.45, 7) is 3.77. The molecule has 2 heterocycles. The average molecular weight is 473 g/mol. The molecule has 0 aliphatic carbocycles. The number of carbonyl (C=O) groups is 1. The Morgan fingerprint density at radius 3 is 2.56 bits per heavy atom. The minimum absolute atomic E-state index is 0.0449. The van der Waals surface area contributed by atoms with Gasteiger partial charge in [0.25, 0.3) is 5.91 Å². The zero-order valence-electron chi connectivity index (χ0n) is 17.7. The Kier molecular flexibility index (Phi) is 6.67. The molecule has 0 unspecified atom stereocenters. The first kappa shape index (κ1) is 22.2. The Hall–Kier alpha value is -3.03. The van der Waals surface area contributed by atoms with Crippen LogP contribution in [0.2, 0.25) is 10.0 Å². The van der Waals surface area contributed by atoms with Gasteiger partial charge >= 0.3 is 0 Å². The van der Waals surface area contributed by atoms with E-state index in [9.17, 15) is 4.79 Å². The quantitative estimate of drug-likeness (QED) is 0.523. The summed E-state index contributed by atoms with van der Waals surface area (Å²) in [6.07, 6.45) is 1.47. The molecule has 4 rings (SSSR count). The van der Waals surface area contributed by atoms with E-state index in [4.69, 9.17) is 32.7 Å². The Morgan fingerprint density at radius 2 is 1.84 bits per heavy atom. The zero-order chi connectivity index (χ0) is 22.7. The van der Waals surface area contributed by atoms with Crippen LogP contribution >= 0.6 is 23.2 Å². The fourth-order valence-electron chi connectivity index (χ4n) is 3.66. The third kappa shape index (κ3) is 4.74. The van der Waals surface area contributed by atoms with Crippen LogP contribution in [0.4, 0.5) is 5.82 Å². The molecule has 32 heavy (non-hydrogen) atoms. The van der Waals surface area contributed by atoms with Gasteiger partial charge in [-0.25, -0.2) is 9.97 Å². The van der Waals surface area contributed by atoms with E-state index in [0.29, 0.717) is 52.6 Å². The molecule has 7 nitrogen and oxygen atoms in total. The molecule has 2 aromatic carbocycles. The summed E-state index contributed by atoms with van der Waals surface area (Å²) in [5, 5.41) is 0.852. The SMILES string of the molecule is COc1ccccc1Oc1cc(N2CCN(C(=O)c3ccc(Cl)cc3Cl)[C@@H](C)C2)ncn1. The maximum Gasteiger partial charge on any atom is 0.255 e. The molecule has 3 aromatic rings. The van der Waals surface area contributed by atoms with E-state index in [1.165, 1.54) is 6.33 Å². The van der Waals surface area contributed by atoms with Gasteiger partial charge < -0.3 is 19.3 Å². The van der Waals surface area contributed by atoms with Crippen LogP contribution in [0.15, 0.2) is 54.9 Å². The number of methoxy groups -OCH3 is 1. The van der Waals surface area contributed by atoms with E-state index < -0.39 is 0 Å². The highest BCUT2D eigenvalue weighted by Crippen LogP contribution is 2.31. The van der Waals surface area contributed by atoms with Gasteiger partial charge in [0.2, 0.25) is 5.88 Å². The number of anilines is 1. The summed E-state index contributed by atoms with van der Waals surface area (Å²) >= 11 is 12.2. The molecule has 1 amide bonds. The molecule has 0 bridgehead atoms. The van der Waals surface area contributed by atoms with Crippen LogP contribution in [-0.2, 0) is 0 Å². The molecular weight excluding hydrogens is 451 g/mol. The molecule has 1 aromatic heterocycles. The number of nitrogens with zero attached hydrogens (tertiary/aromatic N) is 4.